The van der Waals surface area contributed by atoms with Gasteiger partial charge in [-0.05, 0) is 55.0 Å². The van der Waals surface area contributed by atoms with Gasteiger partial charge < -0.3 is 4.90 Å². The maximum Gasteiger partial charge on any atom is 0.0399 e. The summed E-state index contributed by atoms with van der Waals surface area (Å²) in [5, 5.41) is 2.21. The topological polar surface area (TPSA) is 6.48 Å². The Balaban J connectivity index is 1.62. The van der Waals surface area contributed by atoms with Gasteiger partial charge in [-0.2, -0.15) is 0 Å². The van der Waals surface area contributed by atoms with E-state index in [0.717, 1.165) is 32.7 Å². The average molecular weight is 300 g/mol. The Bertz CT molecular complexity index is 609. The van der Waals surface area contributed by atoms with E-state index in [1.807, 2.05) is 11.3 Å². The fourth-order valence-electron chi connectivity index (χ4n) is 2.98. The molecule has 3 heteroatoms. The molecular formula is C18H24N2S. The Morgan fingerprint density at radius 3 is 2.38 bits per heavy atom. The molecule has 0 radical (unpaired) electrons. The van der Waals surface area contributed by atoms with Crippen molar-refractivity contribution in [2.75, 3.05) is 31.1 Å². The molecule has 3 rings (SSSR count). The zero-order valence-corrected chi connectivity index (χ0v) is 14.0. The Morgan fingerprint density at radius 1 is 0.952 bits per heavy atom. The van der Waals surface area contributed by atoms with Crippen molar-refractivity contribution in [1.82, 2.24) is 4.90 Å². The van der Waals surface area contributed by atoms with Crippen LogP contribution >= 0.6 is 11.3 Å². The number of piperazine rings is 1. The number of hydrogen-bond donors (Lipinski definition) is 0. The van der Waals surface area contributed by atoms with Gasteiger partial charge in [-0.3, -0.25) is 4.90 Å². The number of benzene rings is 1. The van der Waals surface area contributed by atoms with Crippen molar-refractivity contribution >= 4 is 17.0 Å². The standard InChI is InChI=1S/C18H24N2S/c1-14-4-5-15(2)17(12-14)20-9-7-19(8-10-20)13-18-16(3)6-11-21-18/h4-6,11-12H,7-10,13H2,1-3H3. The minimum atomic E-state index is 1.12. The highest BCUT2D eigenvalue weighted by Gasteiger charge is 2.19. The van der Waals surface area contributed by atoms with E-state index in [0.29, 0.717) is 0 Å². The highest BCUT2D eigenvalue weighted by Crippen LogP contribution is 2.24. The van der Waals surface area contributed by atoms with Crippen LogP contribution in [0.4, 0.5) is 5.69 Å². The molecule has 0 N–H and O–H groups in total. The monoisotopic (exact) mass is 300 g/mol. The third-order valence-corrected chi connectivity index (χ3v) is 5.42. The Morgan fingerprint density at radius 2 is 1.71 bits per heavy atom. The van der Waals surface area contributed by atoms with Crippen LogP contribution in [0.25, 0.3) is 0 Å². The molecule has 1 aliphatic heterocycles. The van der Waals surface area contributed by atoms with Gasteiger partial charge in [-0.1, -0.05) is 12.1 Å². The van der Waals surface area contributed by atoms with Crippen LogP contribution in [0.3, 0.4) is 0 Å². The van der Waals surface area contributed by atoms with Crippen molar-refractivity contribution in [1.29, 1.82) is 0 Å². The summed E-state index contributed by atoms with van der Waals surface area (Å²) in [5.74, 6) is 0. The first-order valence-electron chi connectivity index (χ1n) is 7.71. The number of rotatable bonds is 3. The SMILES string of the molecule is Cc1ccc(C)c(N2CCN(Cc3sccc3C)CC2)c1. The Hall–Kier alpha value is -1.32. The third kappa shape index (κ3) is 3.30. The summed E-state index contributed by atoms with van der Waals surface area (Å²) in [6, 6.07) is 9.00. The van der Waals surface area contributed by atoms with Crippen molar-refractivity contribution < 1.29 is 0 Å². The van der Waals surface area contributed by atoms with Gasteiger partial charge in [0.25, 0.3) is 0 Å². The number of aryl methyl sites for hydroxylation is 3. The molecule has 0 amide bonds. The van der Waals surface area contributed by atoms with Gasteiger partial charge >= 0.3 is 0 Å². The van der Waals surface area contributed by atoms with Crippen molar-refractivity contribution in [3.05, 3.63) is 51.2 Å². The number of thiophene rings is 1. The summed E-state index contributed by atoms with van der Waals surface area (Å²) in [5.41, 5.74) is 5.61. The van der Waals surface area contributed by atoms with Gasteiger partial charge in [0.15, 0.2) is 0 Å². The first kappa shape index (κ1) is 14.6. The van der Waals surface area contributed by atoms with Gasteiger partial charge in [0, 0.05) is 43.3 Å². The van der Waals surface area contributed by atoms with Crippen LogP contribution < -0.4 is 4.90 Å². The first-order chi connectivity index (χ1) is 10.1. The largest absolute Gasteiger partial charge is 0.369 e. The molecule has 1 aliphatic rings. The first-order valence-corrected chi connectivity index (χ1v) is 8.59. The molecule has 0 saturated carbocycles. The second-order valence-electron chi connectivity index (χ2n) is 6.08. The minimum Gasteiger partial charge on any atom is -0.369 e. The van der Waals surface area contributed by atoms with E-state index in [9.17, 15) is 0 Å². The van der Waals surface area contributed by atoms with Crippen molar-refractivity contribution in [3.63, 3.8) is 0 Å². The summed E-state index contributed by atoms with van der Waals surface area (Å²) in [4.78, 5) is 6.65. The molecule has 1 fully saturated rings. The average Bonchev–Trinajstić information content (AvgIpc) is 2.88. The number of hydrogen-bond acceptors (Lipinski definition) is 3. The molecular weight excluding hydrogens is 276 g/mol. The van der Waals surface area contributed by atoms with E-state index in [2.05, 4.69) is 60.2 Å². The maximum absolute atomic E-state index is 2.58. The van der Waals surface area contributed by atoms with Crippen LogP contribution in [0.5, 0.6) is 0 Å². The summed E-state index contributed by atoms with van der Waals surface area (Å²) in [7, 11) is 0. The molecule has 2 nitrogen and oxygen atoms in total. The van der Waals surface area contributed by atoms with Crippen molar-refractivity contribution in [2.24, 2.45) is 0 Å². The lowest BCUT2D eigenvalue weighted by atomic mass is 10.1. The van der Waals surface area contributed by atoms with Gasteiger partial charge in [0.1, 0.15) is 0 Å². The molecule has 1 saturated heterocycles. The van der Waals surface area contributed by atoms with E-state index >= 15 is 0 Å². The predicted molar refractivity (Wildman–Crippen MR) is 92.5 cm³/mol. The summed E-state index contributed by atoms with van der Waals surface area (Å²) < 4.78 is 0. The molecule has 2 aromatic rings. The van der Waals surface area contributed by atoms with Gasteiger partial charge in [-0.15, -0.1) is 11.3 Å². The number of anilines is 1. The summed E-state index contributed by atoms with van der Waals surface area (Å²) in [6.07, 6.45) is 0. The molecule has 2 heterocycles. The molecule has 112 valence electrons. The van der Waals surface area contributed by atoms with Crippen LogP contribution in [-0.2, 0) is 6.54 Å². The Kier molecular flexibility index (Phi) is 4.32. The lowest BCUT2D eigenvalue weighted by Gasteiger charge is -2.37. The molecule has 1 aromatic heterocycles. The lowest BCUT2D eigenvalue weighted by molar-refractivity contribution is 0.251. The second kappa shape index (κ2) is 6.20. The molecule has 0 atom stereocenters. The highest BCUT2D eigenvalue weighted by atomic mass is 32.1. The Labute approximate surface area is 132 Å². The number of nitrogens with zero attached hydrogens (tertiary/aromatic N) is 2. The van der Waals surface area contributed by atoms with E-state index in [1.54, 1.807) is 0 Å². The fourth-order valence-corrected chi connectivity index (χ4v) is 3.92. The zero-order chi connectivity index (χ0) is 14.8. The van der Waals surface area contributed by atoms with Crippen LogP contribution in [0.15, 0.2) is 29.6 Å². The van der Waals surface area contributed by atoms with Gasteiger partial charge in [0.05, 0.1) is 0 Å². The smallest absolute Gasteiger partial charge is 0.0399 e. The van der Waals surface area contributed by atoms with E-state index in [1.165, 1.54) is 27.3 Å². The van der Waals surface area contributed by atoms with Crippen LogP contribution in [0.2, 0.25) is 0 Å². The molecule has 0 bridgehead atoms. The molecule has 0 spiro atoms. The van der Waals surface area contributed by atoms with Crippen molar-refractivity contribution in [3.8, 4) is 0 Å². The quantitative estimate of drug-likeness (QED) is 0.845. The van der Waals surface area contributed by atoms with Gasteiger partial charge in [-0.25, -0.2) is 0 Å². The zero-order valence-electron chi connectivity index (χ0n) is 13.2. The normalized spacial score (nSPS) is 16.4. The van der Waals surface area contributed by atoms with Crippen LogP contribution in [0.1, 0.15) is 21.6 Å². The summed E-state index contributed by atoms with van der Waals surface area (Å²) >= 11 is 1.89. The van der Waals surface area contributed by atoms with Gasteiger partial charge in [0.2, 0.25) is 0 Å². The molecule has 0 unspecified atom stereocenters. The lowest BCUT2D eigenvalue weighted by Crippen LogP contribution is -2.46. The van der Waals surface area contributed by atoms with E-state index < -0.39 is 0 Å². The third-order valence-electron chi connectivity index (χ3n) is 4.41. The molecule has 1 aromatic carbocycles. The molecule has 0 aliphatic carbocycles. The highest BCUT2D eigenvalue weighted by molar-refractivity contribution is 7.10. The van der Waals surface area contributed by atoms with Crippen molar-refractivity contribution in [2.45, 2.75) is 27.3 Å². The summed E-state index contributed by atoms with van der Waals surface area (Å²) in [6.45, 7) is 12.3. The maximum atomic E-state index is 2.58. The second-order valence-corrected chi connectivity index (χ2v) is 7.08. The predicted octanol–water partition coefficient (Wildman–Crippen LogP) is 4.00. The van der Waals surface area contributed by atoms with Crippen LogP contribution in [-0.4, -0.2) is 31.1 Å². The molecule has 21 heavy (non-hydrogen) atoms. The fraction of sp³-hybridized carbons (Fsp3) is 0.444. The minimum absolute atomic E-state index is 1.12. The van der Waals surface area contributed by atoms with E-state index in [-0.39, 0.29) is 0 Å². The van der Waals surface area contributed by atoms with E-state index in [4.69, 9.17) is 0 Å². The van der Waals surface area contributed by atoms with Crippen LogP contribution in [0, 0.1) is 20.8 Å².